The monoisotopic (exact) mass is 713 g/mol. The van der Waals surface area contributed by atoms with E-state index in [2.05, 4.69) is 91.0 Å². The smallest absolute Gasteiger partial charge is 0.164 e. The van der Waals surface area contributed by atoms with Crippen molar-refractivity contribution >= 4 is 10.8 Å². The highest BCUT2D eigenvalue weighted by atomic mass is 15.0. The van der Waals surface area contributed by atoms with Gasteiger partial charge in [0, 0.05) is 16.7 Å². The Morgan fingerprint density at radius 1 is 0.286 bits per heavy atom. The van der Waals surface area contributed by atoms with E-state index in [4.69, 9.17) is 15.0 Å². The van der Waals surface area contributed by atoms with Gasteiger partial charge in [-0.3, -0.25) is 0 Å². The molecule has 1 aromatic heterocycles. The summed E-state index contributed by atoms with van der Waals surface area (Å²) in [5, 5.41) is 22.2. The lowest BCUT2D eigenvalue weighted by Gasteiger charge is -2.16. The van der Waals surface area contributed by atoms with E-state index in [0.29, 0.717) is 28.6 Å². The number of nitriles is 2. The molecule has 1 heterocycles. The largest absolute Gasteiger partial charge is 0.208 e. The molecule has 0 fully saturated rings. The molecule has 0 spiro atoms. The van der Waals surface area contributed by atoms with E-state index in [-0.39, 0.29) is 0 Å². The van der Waals surface area contributed by atoms with Gasteiger partial charge in [0.05, 0.1) is 23.3 Å². The van der Waals surface area contributed by atoms with Gasteiger partial charge in [-0.1, -0.05) is 158 Å². The highest BCUT2D eigenvalue weighted by molar-refractivity contribution is 6.06. The molecule has 260 valence electrons. The van der Waals surface area contributed by atoms with Crippen LogP contribution in [0.1, 0.15) is 11.1 Å². The van der Waals surface area contributed by atoms with Crippen LogP contribution in [0.4, 0.5) is 0 Å². The number of benzene rings is 8. The number of aromatic nitrogens is 3. The molecule has 0 saturated carbocycles. The van der Waals surface area contributed by atoms with Crippen molar-refractivity contribution in [3.63, 3.8) is 0 Å². The molecule has 0 saturated heterocycles. The van der Waals surface area contributed by atoms with E-state index in [0.717, 1.165) is 72.0 Å². The first-order valence-corrected chi connectivity index (χ1v) is 18.3. The van der Waals surface area contributed by atoms with Crippen LogP contribution in [0.25, 0.3) is 89.4 Å². The van der Waals surface area contributed by atoms with E-state index in [1.165, 1.54) is 0 Å². The van der Waals surface area contributed by atoms with Crippen molar-refractivity contribution in [2.75, 3.05) is 0 Å². The molecule has 0 amide bonds. The summed E-state index contributed by atoms with van der Waals surface area (Å²) >= 11 is 0. The minimum atomic E-state index is 0.595. The molecule has 5 nitrogen and oxygen atoms in total. The molecule has 0 aliphatic heterocycles. The lowest BCUT2D eigenvalue weighted by molar-refractivity contribution is 1.07. The third kappa shape index (κ3) is 6.47. The summed E-state index contributed by atoms with van der Waals surface area (Å²) < 4.78 is 0. The number of nitrogens with zero attached hydrogens (tertiary/aromatic N) is 5. The fourth-order valence-corrected chi connectivity index (χ4v) is 7.30. The minimum Gasteiger partial charge on any atom is -0.208 e. The Bertz CT molecular complexity index is 2840. The number of hydrogen-bond acceptors (Lipinski definition) is 5. The maximum atomic E-state index is 10.0. The summed E-state index contributed by atoms with van der Waals surface area (Å²) in [5.41, 5.74) is 11.7. The Balaban J connectivity index is 1.15. The van der Waals surface area contributed by atoms with Crippen molar-refractivity contribution in [3.05, 3.63) is 199 Å². The quantitative estimate of drug-likeness (QED) is 0.164. The van der Waals surface area contributed by atoms with Gasteiger partial charge in [0.25, 0.3) is 0 Å². The van der Waals surface area contributed by atoms with E-state index in [9.17, 15) is 10.5 Å². The van der Waals surface area contributed by atoms with Crippen LogP contribution < -0.4 is 0 Å². The summed E-state index contributed by atoms with van der Waals surface area (Å²) in [6.45, 7) is 0. The van der Waals surface area contributed by atoms with Gasteiger partial charge in [-0.2, -0.15) is 10.5 Å². The van der Waals surface area contributed by atoms with Crippen LogP contribution in [-0.4, -0.2) is 15.0 Å². The highest BCUT2D eigenvalue weighted by Gasteiger charge is 2.16. The van der Waals surface area contributed by atoms with Gasteiger partial charge in [-0.25, -0.2) is 15.0 Å². The first kappa shape index (κ1) is 33.8. The molecule has 0 aliphatic carbocycles. The Kier molecular flexibility index (Phi) is 8.94. The first-order chi connectivity index (χ1) is 27.7. The van der Waals surface area contributed by atoms with Crippen molar-refractivity contribution in [1.82, 2.24) is 15.0 Å². The van der Waals surface area contributed by atoms with Gasteiger partial charge in [0.1, 0.15) is 0 Å². The average Bonchev–Trinajstić information content (AvgIpc) is 3.29. The summed E-state index contributed by atoms with van der Waals surface area (Å²) in [7, 11) is 0. The molecule has 0 atom stereocenters. The number of hydrogen-bond donors (Lipinski definition) is 0. The molecular weight excluding hydrogens is 683 g/mol. The zero-order valence-electron chi connectivity index (χ0n) is 30.1. The van der Waals surface area contributed by atoms with Gasteiger partial charge in [0.15, 0.2) is 17.5 Å². The van der Waals surface area contributed by atoms with Crippen LogP contribution in [0.2, 0.25) is 0 Å². The SMILES string of the molecule is N#Cc1ccccc1-c1cc(-c2ccccc2C#N)cc(-c2ccc(-c3ccc(-c4nc(-c5ccccc5)nc(-c5ccccc5)n4)cc3)c3ccccc23)c1. The second-order valence-electron chi connectivity index (χ2n) is 13.4. The maximum absolute atomic E-state index is 10.0. The number of fused-ring (bicyclic) bond motifs is 1. The van der Waals surface area contributed by atoms with Crippen molar-refractivity contribution < 1.29 is 0 Å². The predicted octanol–water partition coefficient (Wildman–Crippen LogP) is 12.4. The molecule has 5 heteroatoms. The fourth-order valence-electron chi connectivity index (χ4n) is 7.30. The molecular formula is C51H31N5. The molecule has 0 radical (unpaired) electrons. The van der Waals surface area contributed by atoms with Gasteiger partial charge in [-0.05, 0) is 85.6 Å². The second kappa shape index (κ2) is 14.8. The first-order valence-electron chi connectivity index (χ1n) is 18.3. The summed E-state index contributed by atoms with van der Waals surface area (Å²) in [6.07, 6.45) is 0. The van der Waals surface area contributed by atoms with E-state index in [1.54, 1.807) is 0 Å². The van der Waals surface area contributed by atoms with Crippen LogP contribution in [0, 0.1) is 22.7 Å². The molecule has 0 bridgehead atoms. The van der Waals surface area contributed by atoms with Crippen LogP contribution in [0.3, 0.4) is 0 Å². The van der Waals surface area contributed by atoms with Crippen molar-refractivity contribution in [2.24, 2.45) is 0 Å². The summed E-state index contributed by atoms with van der Waals surface area (Å²) in [5.74, 6) is 1.86. The van der Waals surface area contributed by atoms with Gasteiger partial charge >= 0.3 is 0 Å². The van der Waals surface area contributed by atoms with Crippen LogP contribution in [0.5, 0.6) is 0 Å². The lowest BCUT2D eigenvalue weighted by atomic mass is 9.87. The third-order valence-electron chi connectivity index (χ3n) is 10.0. The topological polar surface area (TPSA) is 86.2 Å². The Morgan fingerprint density at radius 3 is 1.07 bits per heavy atom. The minimum absolute atomic E-state index is 0.595. The zero-order chi connectivity index (χ0) is 37.8. The standard InChI is InChI=1S/C51H31N5/c52-32-38-17-7-9-19-43(38)40-29-41(44-20-10-8-18-39(44)33-53)31-42(30-40)46-28-27-45(47-21-11-12-22-48(46)47)34-23-25-37(26-24-34)51-55-49(35-13-3-1-4-14-35)54-50(56-51)36-15-5-2-6-16-36/h1-31H. The van der Waals surface area contributed by atoms with Crippen LogP contribution >= 0.6 is 0 Å². The molecule has 8 aromatic carbocycles. The zero-order valence-corrected chi connectivity index (χ0v) is 30.1. The molecule has 56 heavy (non-hydrogen) atoms. The fraction of sp³-hybridized carbons (Fsp3) is 0. The van der Waals surface area contributed by atoms with E-state index in [1.807, 2.05) is 109 Å². The predicted molar refractivity (Wildman–Crippen MR) is 225 cm³/mol. The van der Waals surface area contributed by atoms with Crippen molar-refractivity contribution in [2.45, 2.75) is 0 Å². The number of rotatable bonds is 7. The summed E-state index contributed by atoms with van der Waals surface area (Å²) in [6, 6.07) is 67.6. The second-order valence-corrected chi connectivity index (χ2v) is 13.4. The molecule has 0 N–H and O–H groups in total. The van der Waals surface area contributed by atoms with Crippen LogP contribution in [-0.2, 0) is 0 Å². The van der Waals surface area contributed by atoms with Gasteiger partial charge in [-0.15, -0.1) is 0 Å². The van der Waals surface area contributed by atoms with Gasteiger partial charge < -0.3 is 0 Å². The lowest BCUT2D eigenvalue weighted by Crippen LogP contribution is -2.00. The third-order valence-corrected chi connectivity index (χ3v) is 10.0. The Labute approximate surface area is 325 Å². The maximum Gasteiger partial charge on any atom is 0.164 e. The van der Waals surface area contributed by atoms with E-state index >= 15 is 0 Å². The van der Waals surface area contributed by atoms with E-state index < -0.39 is 0 Å². The molecule has 0 aliphatic rings. The van der Waals surface area contributed by atoms with Crippen molar-refractivity contribution in [3.8, 4) is 90.8 Å². The Hall–Kier alpha value is -7.99. The highest BCUT2D eigenvalue weighted by Crippen LogP contribution is 2.40. The summed E-state index contributed by atoms with van der Waals surface area (Å²) in [4.78, 5) is 14.7. The molecule has 9 aromatic rings. The average molecular weight is 714 g/mol. The normalized spacial score (nSPS) is 10.8. The Morgan fingerprint density at radius 2 is 0.625 bits per heavy atom. The van der Waals surface area contributed by atoms with Crippen LogP contribution in [0.15, 0.2) is 188 Å². The van der Waals surface area contributed by atoms with Crippen molar-refractivity contribution in [1.29, 1.82) is 10.5 Å². The molecule has 9 rings (SSSR count). The molecule has 0 unspecified atom stereocenters. The van der Waals surface area contributed by atoms with Gasteiger partial charge in [0.2, 0.25) is 0 Å².